The molecular weight excluding hydrogens is 324 g/mol. The van der Waals surface area contributed by atoms with Gasteiger partial charge in [0, 0.05) is 19.6 Å². The number of rotatable bonds is 7. The van der Waals surface area contributed by atoms with E-state index < -0.39 is 6.10 Å². The third kappa shape index (κ3) is 4.75. The number of hydrogen-bond acceptors (Lipinski definition) is 5. The van der Waals surface area contributed by atoms with Crippen LogP contribution in [-0.2, 0) is 20.7 Å². The minimum atomic E-state index is -0.453. The Morgan fingerprint density at radius 3 is 3.12 bits per heavy atom. The Balaban J connectivity index is 1.38. The normalized spacial score (nSPS) is 19.3. The lowest BCUT2D eigenvalue weighted by molar-refractivity contribution is -0.135. The molecule has 0 unspecified atom stereocenters. The summed E-state index contributed by atoms with van der Waals surface area (Å²) in [6.45, 7) is 3.66. The number of para-hydroxylation sites is 1. The van der Waals surface area contributed by atoms with Gasteiger partial charge in [-0.05, 0) is 38.3 Å². The molecule has 1 fully saturated rings. The molecule has 3 rings (SSSR count). The van der Waals surface area contributed by atoms with E-state index in [1.807, 2.05) is 18.2 Å². The zero-order chi connectivity index (χ0) is 16.8. The minimum absolute atomic E-state index is 0.0769. The number of carbonyl (C=O) groups excluding carboxylic acids is 1. The summed E-state index contributed by atoms with van der Waals surface area (Å²) in [6, 6.07) is 8.08. The Bertz CT molecular complexity index is 634. The van der Waals surface area contributed by atoms with E-state index in [0.29, 0.717) is 13.2 Å². The molecule has 0 saturated carbocycles. The molecule has 2 aromatic rings. The van der Waals surface area contributed by atoms with Crippen LogP contribution in [0.5, 0.6) is 0 Å². The van der Waals surface area contributed by atoms with Gasteiger partial charge < -0.3 is 14.8 Å². The van der Waals surface area contributed by atoms with Gasteiger partial charge in [0.1, 0.15) is 6.10 Å². The first-order chi connectivity index (χ1) is 11.7. The molecule has 1 aromatic carbocycles. The summed E-state index contributed by atoms with van der Waals surface area (Å²) in [4.78, 5) is 16.7. The van der Waals surface area contributed by atoms with E-state index in [0.717, 1.165) is 36.4 Å². The predicted octanol–water partition coefficient (Wildman–Crippen LogP) is 2.93. The number of ether oxygens (including phenoxy) is 2. The number of nitrogens with one attached hydrogen (secondary N) is 1. The van der Waals surface area contributed by atoms with Crippen molar-refractivity contribution in [2.45, 2.75) is 44.8 Å². The van der Waals surface area contributed by atoms with Gasteiger partial charge in [0.15, 0.2) is 0 Å². The Labute approximate surface area is 146 Å². The molecule has 2 heterocycles. The average Bonchev–Trinajstić information content (AvgIpc) is 3.03. The third-order valence-electron chi connectivity index (χ3n) is 4.15. The van der Waals surface area contributed by atoms with Crippen molar-refractivity contribution in [3.8, 4) is 0 Å². The first-order valence-corrected chi connectivity index (χ1v) is 9.39. The molecular formula is C18H24N2O3S. The largest absolute Gasteiger partial charge is 0.376 e. The Hall–Kier alpha value is -1.50. The molecule has 1 amide bonds. The lowest BCUT2D eigenvalue weighted by Gasteiger charge is -2.23. The highest BCUT2D eigenvalue weighted by Gasteiger charge is 2.18. The van der Waals surface area contributed by atoms with E-state index in [9.17, 15) is 4.79 Å². The average molecular weight is 348 g/mol. The summed E-state index contributed by atoms with van der Waals surface area (Å²) < 4.78 is 12.4. The number of nitrogens with zero attached hydrogens (tertiary/aromatic N) is 1. The number of amides is 1. The second-order valence-electron chi connectivity index (χ2n) is 6.08. The Kier molecular flexibility index (Phi) is 6.18. The van der Waals surface area contributed by atoms with Crippen LogP contribution >= 0.6 is 11.3 Å². The van der Waals surface area contributed by atoms with Crippen molar-refractivity contribution in [3.05, 3.63) is 29.3 Å². The molecule has 0 aliphatic carbocycles. The molecule has 1 aliphatic heterocycles. The fourth-order valence-corrected chi connectivity index (χ4v) is 3.70. The van der Waals surface area contributed by atoms with Gasteiger partial charge in [-0.2, -0.15) is 0 Å². The standard InChI is InChI=1S/C18H24N2O3S/c1-13(23-12-14-6-4-5-11-22-14)18(21)19-10-9-17-20-15-7-2-3-8-16(15)24-17/h2-3,7-8,13-14H,4-6,9-12H2,1H3,(H,19,21)/t13-,14+/m1/s1. The second-order valence-corrected chi connectivity index (χ2v) is 7.20. The van der Waals surface area contributed by atoms with Crippen LogP contribution in [0.4, 0.5) is 0 Å². The topological polar surface area (TPSA) is 60.5 Å². The van der Waals surface area contributed by atoms with Crippen molar-refractivity contribution in [1.29, 1.82) is 0 Å². The van der Waals surface area contributed by atoms with Crippen molar-refractivity contribution in [3.63, 3.8) is 0 Å². The van der Waals surface area contributed by atoms with E-state index in [-0.39, 0.29) is 12.0 Å². The van der Waals surface area contributed by atoms with E-state index in [1.54, 1.807) is 18.3 Å². The van der Waals surface area contributed by atoms with E-state index >= 15 is 0 Å². The number of aromatic nitrogens is 1. The molecule has 1 aromatic heterocycles. The summed E-state index contributed by atoms with van der Waals surface area (Å²) in [5, 5.41) is 3.97. The monoisotopic (exact) mass is 348 g/mol. The van der Waals surface area contributed by atoms with Crippen LogP contribution in [0.15, 0.2) is 24.3 Å². The fraction of sp³-hybridized carbons (Fsp3) is 0.556. The van der Waals surface area contributed by atoms with E-state index in [4.69, 9.17) is 9.47 Å². The highest BCUT2D eigenvalue weighted by molar-refractivity contribution is 7.18. The van der Waals surface area contributed by atoms with Crippen molar-refractivity contribution >= 4 is 27.5 Å². The third-order valence-corrected chi connectivity index (χ3v) is 5.25. The minimum Gasteiger partial charge on any atom is -0.376 e. The van der Waals surface area contributed by atoms with Crippen molar-refractivity contribution < 1.29 is 14.3 Å². The van der Waals surface area contributed by atoms with E-state index in [2.05, 4.69) is 16.4 Å². The van der Waals surface area contributed by atoms with Gasteiger partial charge >= 0.3 is 0 Å². The fourth-order valence-electron chi connectivity index (χ4n) is 2.73. The first-order valence-electron chi connectivity index (χ1n) is 8.58. The SMILES string of the molecule is C[C@@H](OC[C@@H]1CCCCO1)C(=O)NCCc1nc2ccccc2s1. The Morgan fingerprint density at radius 1 is 1.46 bits per heavy atom. The summed E-state index contributed by atoms with van der Waals surface area (Å²) in [5.74, 6) is -0.0769. The van der Waals surface area contributed by atoms with Gasteiger partial charge in [0.2, 0.25) is 5.91 Å². The zero-order valence-electron chi connectivity index (χ0n) is 14.0. The van der Waals surface area contributed by atoms with E-state index in [1.165, 1.54) is 11.1 Å². The van der Waals surface area contributed by atoms with Crippen LogP contribution in [0.1, 0.15) is 31.2 Å². The zero-order valence-corrected chi connectivity index (χ0v) is 14.8. The molecule has 5 nitrogen and oxygen atoms in total. The van der Waals surface area contributed by atoms with Gasteiger partial charge in [0.25, 0.3) is 0 Å². The number of benzene rings is 1. The van der Waals surface area contributed by atoms with Crippen LogP contribution in [0.2, 0.25) is 0 Å². The van der Waals surface area contributed by atoms with Crippen LogP contribution in [0.3, 0.4) is 0 Å². The lowest BCUT2D eigenvalue weighted by Crippen LogP contribution is -2.37. The van der Waals surface area contributed by atoms with Gasteiger partial charge in [-0.1, -0.05) is 12.1 Å². The van der Waals surface area contributed by atoms with Crippen molar-refractivity contribution in [1.82, 2.24) is 10.3 Å². The van der Waals surface area contributed by atoms with Gasteiger partial charge in [-0.15, -0.1) is 11.3 Å². The molecule has 6 heteroatoms. The van der Waals surface area contributed by atoms with Gasteiger partial charge in [-0.3, -0.25) is 4.79 Å². The Morgan fingerprint density at radius 2 is 2.33 bits per heavy atom. The van der Waals surface area contributed by atoms with Crippen LogP contribution < -0.4 is 5.32 Å². The van der Waals surface area contributed by atoms with Gasteiger partial charge in [-0.25, -0.2) is 4.98 Å². The molecule has 130 valence electrons. The lowest BCUT2D eigenvalue weighted by atomic mass is 10.1. The maximum atomic E-state index is 12.1. The van der Waals surface area contributed by atoms with Gasteiger partial charge in [0.05, 0.1) is 27.9 Å². The summed E-state index contributed by atoms with van der Waals surface area (Å²) >= 11 is 1.68. The maximum Gasteiger partial charge on any atom is 0.248 e. The summed E-state index contributed by atoms with van der Waals surface area (Å²) in [5.41, 5.74) is 1.02. The van der Waals surface area contributed by atoms with Crippen LogP contribution in [0.25, 0.3) is 10.2 Å². The molecule has 1 N–H and O–H groups in total. The van der Waals surface area contributed by atoms with Crippen molar-refractivity contribution in [2.24, 2.45) is 0 Å². The number of hydrogen-bond donors (Lipinski definition) is 1. The highest BCUT2D eigenvalue weighted by Crippen LogP contribution is 2.21. The van der Waals surface area contributed by atoms with Crippen LogP contribution in [-0.4, -0.2) is 42.9 Å². The molecule has 2 atom stereocenters. The number of thiazole rings is 1. The second kappa shape index (κ2) is 8.55. The number of fused-ring (bicyclic) bond motifs is 1. The number of carbonyl (C=O) groups is 1. The summed E-state index contributed by atoms with van der Waals surface area (Å²) in [6.07, 6.45) is 3.74. The maximum absolute atomic E-state index is 12.1. The van der Waals surface area contributed by atoms with Crippen LogP contribution in [0, 0.1) is 0 Å². The highest BCUT2D eigenvalue weighted by atomic mass is 32.1. The smallest absolute Gasteiger partial charge is 0.248 e. The quantitative estimate of drug-likeness (QED) is 0.836. The molecule has 0 bridgehead atoms. The molecule has 0 radical (unpaired) electrons. The molecule has 24 heavy (non-hydrogen) atoms. The van der Waals surface area contributed by atoms with Crippen molar-refractivity contribution in [2.75, 3.05) is 19.8 Å². The first kappa shape index (κ1) is 17.3. The molecule has 1 saturated heterocycles. The predicted molar refractivity (Wildman–Crippen MR) is 95.3 cm³/mol. The molecule has 1 aliphatic rings. The molecule has 0 spiro atoms. The summed E-state index contributed by atoms with van der Waals surface area (Å²) in [7, 11) is 0.